The Bertz CT molecular complexity index is 327. The lowest BCUT2D eigenvalue weighted by molar-refractivity contribution is 0.197. The number of furan rings is 1. The van der Waals surface area contributed by atoms with Crippen molar-refractivity contribution in [3.63, 3.8) is 0 Å². The Morgan fingerprint density at radius 1 is 1.29 bits per heavy atom. The van der Waals surface area contributed by atoms with Crippen LogP contribution in [0, 0.1) is 0 Å². The summed E-state index contributed by atoms with van der Waals surface area (Å²) in [6.07, 6.45) is 9.95. The number of nitrogens with zero attached hydrogens (tertiary/aromatic N) is 1. The molecule has 0 spiro atoms. The molecule has 1 aliphatic carbocycles. The Balaban J connectivity index is 1.93. The summed E-state index contributed by atoms with van der Waals surface area (Å²) in [6, 6.07) is 2.70. The monoisotopic (exact) mass is 236 g/mol. The molecule has 0 bridgehead atoms. The molecule has 0 amide bonds. The average molecular weight is 236 g/mol. The van der Waals surface area contributed by atoms with E-state index in [4.69, 9.17) is 10.2 Å². The molecule has 2 N–H and O–H groups in total. The van der Waals surface area contributed by atoms with E-state index in [-0.39, 0.29) is 0 Å². The van der Waals surface area contributed by atoms with Crippen LogP contribution in [0.3, 0.4) is 0 Å². The van der Waals surface area contributed by atoms with E-state index in [2.05, 4.69) is 11.9 Å². The van der Waals surface area contributed by atoms with E-state index in [1.54, 1.807) is 6.26 Å². The van der Waals surface area contributed by atoms with Crippen LogP contribution in [0.25, 0.3) is 0 Å². The van der Waals surface area contributed by atoms with Gasteiger partial charge in [-0.25, -0.2) is 0 Å². The van der Waals surface area contributed by atoms with Gasteiger partial charge in [0.25, 0.3) is 0 Å². The molecule has 17 heavy (non-hydrogen) atoms. The summed E-state index contributed by atoms with van der Waals surface area (Å²) in [6.45, 7) is 1.47. The van der Waals surface area contributed by atoms with E-state index in [9.17, 15) is 0 Å². The highest BCUT2D eigenvalue weighted by Crippen LogP contribution is 2.23. The fourth-order valence-corrected chi connectivity index (χ4v) is 2.74. The Hall–Kier alpha value is -0.800. The van der Waals surface area contributed by atoms with Gasteiger partial charge >= 0.3 is 0 Å². The van der Waals surface area contributed by atoms with Gasteiger partial charge < -0.3 is 10.2 Å². The molecule has 0 atom stereocenters. The van der Waals surface area contributed by atoms with Crippen LogP contribution in [-0.2, 0) is 13.1 Å². The Morgan fingerprint density at radius 2 is 2.00 bits per heavy atom. The van der Waals surface area contributed by atoms with Crippen LogP contribution in [0.4, 0.5) is 0 Å². The lowest BCUT2D eigenvalue weighted by atomic mass is 10.1. The Kier molecular flexibility index (Phi) is 4.63. The van der Waals surface area contributed by atoms with Crippen LogP contribution in [0.5, 0.6) is 0 Å². The van der Waals surface area contributed by atoms with Gasteiger partial charge in [-0.15, -0.1) is 0 Å². The van der Waals surface area contributed by atoms with E-state index < -0.39 is 0 Å². The molecule has 0 unspecified atom stereocenters. The molecule has 1 saturated carbocycles. The van der Waals surface area contributed by atoms with Crippen molar-refractivity contribution >= 4 is 0 Å². The third kappa shape index (κ3) is 3.33. The molecule has 0 aromatic carbocycles. The van der Waals surface area contributed by atoms with Crippen LogP contribution in [-0.4, -0.2) is 18.0 Å². The van der Waals surface area contributed by atoms with Crippen LogP contribution >= 0.6 is 0 Å². The zero-order chi connectivity index (χ0) is 12.1. The number of hydrogen-bond acceptors (Lipinski definition) is 3. The highest BCUT2D eigenvalue weighted by Gasteiger charge is 2.18. The minimum absolute atomic E-state index is 0.574. The molecule has 1 fully saturated rings. The second-order valence-corrected chi connectivity index (χ2v) is 5.13. The normalized spacial score (nSPS) is 18.5. The van der Waals surface area contributed by atoms with Crippen molar-refractivity contribution in [1.82, 2.24) is 4.90 Å². The number of nitrogens with two attached hydrogens (primary N) is 1. The molecule has 1 aromatic heterocycles. The lowest BCUT2D eigenvalue weighted by Crippen LogP contribution is -2.30. The maximum atomic E-state index is 5.70. The molecule has 96 valence electrons. The molecule has 3 nitrogen and oxygen atoms in total. The highest BCUT2D eigenvalue weighted by molar-refractivity contribution is 5.16. The van der Waals surface area contributed by atoms with Crippen molar-refractivity contribution in [2.24, 2.45) is 5.73 Å². The fourth-order valence-electron chi connectivity index (χ4n) is 2.74. The first-order valence-corrected chi connectivity index (χ1v) is 6.77. The molecular formula is C14H24N2O. The number of rotatable bonds is 4. The van der Waals surface area contributed by atoms with Crippen molar-refractivity contribution < 1.29 is 4.42 Å². The maximum absolute atomic E-state index is 5.70. The second-order valence-electron chi connectivity index (χ2n) is 5.13. The second kappa shape index (κ2) is 6.22. The quantitative estimate of drug-likeness (QED) is 0.817. The molecule has 3 heteroatoms. The first kappa shape index (κ1) is 12.7. The van der Waals surface area contributed by atoms with Gasteiger partial charge in [0.15, 0.2) is 0 Å². The SMILES string of the molecule is CN(Cc1occc1CN)C1CCCCCC1. The average Bonchev–Trinajstić information content (AvgIpc) is 2.62. The van der Waals surface area contributed by atoms with Crippen molar-refractivity contribution in [2.45, 2.75) is 57.7 Å². The summed E-state index contributed by atoms with van der Waals surface area (Å²) >= 11 is 0. The largest absolute Gasteiger partial charge is 0.468 e. The van der Waals surface area contributed by atoms with Gasteiger partial charge in [0, 0.05) is 18.2 Å². The van der Waals surface area contributed by atoms with Gasteiger partial charge in [-0.2, -0.15) is 0 Å². The molecule has 1 aromatic rings. The van der Waals surface area contributed by atoms with Gasteiger partial charge in [-0.05, 0) is 26.0 Å². The molecule has 1 aliphatic rings. The molecule has 0 saturated heterocycles. The predicted octanol–water partition coefficient (Wildman–Crippen LogP) is 2.89. The van der Waals surface area contributed by atoms with Gasteiger partial charge in [0.2, 0.25) is 0 Å². The summed E-state index contributed by atoms with van der Waals surface area (Å²) < 4.78 is 5.53. The molecule has 1 heterocycles. The van der Waals surface area contributed by atoms with Crippen LogP contribution in [0.15, 0.2) is 16.7 Å². The summed E-state index contributed by atoms with van der Waals surface area (Å²) in [7, 11) is 2.21. The van der Waals surface area contributed by atoms with Gasteiger partial charge in [-0.1, -0.05) is 25.7 Å². The van der Waals surface area contributed by atoms with Crippen molar-refractivity contribution in [1.29, 1.82) is 0 Å². The smallest absolute Gasteiger partial charge is 0.122 e. The van der Waals surface area contributed by atoms with E-state index >= 15 is 0 Å². The van der Waals surface area contributed by atoms with Crippen molar-refractivity contribution in [3.8, 4) is 0 Å². The Labute approximate surface area is 104 Å². The van der Waals surface area contributed by atoms with Crippen molar-refractivity contribution in [2.75, 3.05) is 7.05 Å². The highest BCUT2D eigenvalue weighted by atomic mass is 16.3. The van der Waals surface area contributed by atoms with Crippen LogP contribution in [0.1, 0.15) is 49.8 Å². The number of hydrogen-bond donors (Lipinski definition) is 1. The standard InChI is InChI=1S/C14H24N2O/c1-16(13-6-4-2-3-5-7-13)11-14-12(10-15)8-9-17-14/h8-9,13H,2-7,10-11,15H2,1H3. The van der Waals surface area contributed by atoms with E-state index in [0.717, 1.165) is 17.9 Å². The van der Waals surface area contributed by atoms with Gasteiger partial charge in [0.1, 0.15) is 5.76 Å². The fraction of sp³-hybridized carbons (Fsp3) is 0.714. The predicted molar refractivity (Wildman–Crippen MR) is 69.6 cm³/mol. The minimum Gasteiger partial charge on any atom is -0.468 e. The van der Waals surface area contributed by atoms with Crippen LogP contribution in [0.2, 0.25) is 0 Å². The molecule has 2 rings (SSSR count). The van der Waals surface area contributed by atoms with E-state index in [1.165, 1.54) is 38.5 Å². The topological polar surface area (TPSA) is 42.4 Å². The zero-order valence-electron chi connectivity index (χ0n) is 10.8. The first-order valence-electron chi connectivity index (χ1n) is 6.77. The first-order chi connectivity index (χ1) is 8.31. The van der Waals surface area contributed by atoms with Crippen LogP contribution < -0.4 is 5.73 Å². The van der Waals surface area contributed by atoms with Crippen molar-refractivity contribution in [3.05, 3.63) is 23.7 Å². The van der Waals surface area contributed by atoms with Gasteiger partial charge in [-0.3, -0.25) is 4.90 Å². The lowest BCUT2D eigenvalue weighted by Gasteiger charge is -2.26. The summed E-state index contributed by atoms with van der Waals surface area (Å²) in [5.41, 5.74) is 6.84. The van der Waals surface area contributed by atoms with Gasteiger partial charge in [0.05, 0.1) is 12.8 Å². The third-order valence-electron chi connectivity index (χ3n) is 3.90. The molecule has 0 aliphatic heterocycles. The third-order valence-corrected chi connectivity index (χ3v) is 3.90. The summed E-state index contributed by atoms with van der Waals surface area (Å²) in [5.74, 6) is 1.04. The zero-order valence-corrected chi connectivity index (χ0v) is 10.8. The maximum Gasteiger partial charge on any atom is 0.122 e. The molecule has 0 radical (unpaired) electrons. The van der Waals surface area contributed by atoms with E-state index in [1.807, 2.05) is 6.07 Å². The van der Waals surface area contributed by atoms with E-state index in [0.29, 0.717) is 12.6 Å². The minimum atomic E-state index is 0.574. The molecular weight excluding hydrogens is 212 g/mol. The Morgan fingerprint density at radius 3 is 2.65 bits per heavy atom. The summed E-state index contributed by atoms with van der Waals surface area (Å²) in [4.78, 5) is 2.43. The summed E-state index contributed by atoms with van der Waals surface area (Å²) in [5, 5.41) is 0.